The first-order valence-electron chi connectivity index (χ1n) is 10.4. The maximum Gasteiger partial charge on any atom is 0.416 e. The Morgan fingerprint density at radius 3 is 2.34 bits per heavy atom. The van der Waals surface area contributed by atoms with E-state index in [-0.39, 0.29) is 5.69 Å². The number of benzene rings is 1. The number of hydrogen-bond donors (Lipinski definition) is 2. The Bertz CT molecular complexity index is 1080. The molecule has 0 aromatic heterocycles. The summed E-state index contributed by atoms with van der Waals surface area (Å²) >= 11 is 0. The number of hydrogen-bond acceptors (Lipinski definition) is 4. The summed E-state index contributed by atoms with van der Waals surface area (Å²) in [6, 6.07) is 4.79. The van der Waals surface area contributed by atoms with Crippen LogP contribution >= 0.6 is 0 Å². The van der Waals surface area contributed by atoms with Crippen LogP contribution in [-0.4, -0.2) is 38.3 Å². The van der Waals surface area contributed by atoms with Crippen molar-refractivity contribution >= 4 is 21.8 Å². The molecule has 4 fully saturated rings. The van der Waals surface area contributed by atoms with Crippen LogP contribution in [0.1, 0.15) is 54.4 Å². The van der Waals surface area contributed by atoms with Gasteiger partial charge in [0, 0.05) is 19.6 Å². The van der Waals surface area contributed by atoms with Crippen molar-refractivity contribution in [3.8, 4) is 6.07 Å². The lowest BCUT2D eigenvalue weighted by atomic mass is 9.47. The van der Waals surface area contributed by atoms with Crippen LogP contribution in [0, 0.1) is 28.6 Å². The van der Waals surface area contributed by atoms with Crippen LogP contribution in [0.15, 0.2) is 18.2 Å². The van der Waals surface area contributed by atoms with Gasteiger partial charge >= 0.3 is 16.4 Å². The molecule has 1 aromatic carbocycles. The zero-order chi connectivity index (χ0) is 23.5. The summed E-state index contributed by atoms with van der Waals surface area (Å²) in [4.78, 5) is 13.3. The summed E-state index contributed by atoms with van der Waals surface area (Å²) in [5.74, 6) is -0.184. The van der Waals surface area contributed by atoms with Gasteiger partial charge in [0.2, 0.25) is 0 Å². The third-order valence-electron chi connectivity index (χ3n) is 6.99. The predicted molar refractivity (Wildman–Crippen MR) is 111 cm³/mol. The largest absolute Gasteiger partial charge is 0.416 e. The molecule has 0 spiro atoms. The van der Waals surface area contributed by atoms with Crippen molar-refractivity contribution in [3.05, 3.63) is 29.3 Å². The van der Waals surface area contributed by atoms with E-state index in [1.807, 2.05) is 0 Å². The van der Waals surface area contributed by atoms with Gasteiger partial charge in [-0.1, -0.05) is 0 Å². The number of amides is 1. The van der Waals surface area contributed by atoms with Gasteiger partial charge in [-0.3, -0.25) is 9.52 Å². The number of carbonyl (C=O) groups is 1. The van der Waals surface area contributed by atoms with E-state index in [2.05, 4.69) is 16.1 Å². The van der Waals surface area contributed by atoms with Crippen molar-refractivity contribution in [1.82, 2.24) is 9.62 Å². The molecule has 2 N–H and O–H groups in total. The van der Waals surface area contributed by atoms with Gasteiger partial charge in [0.1, 0.15) is 0 Å². The highest BCUT2D eigenvalue weighted by Crippen LogP contribution is 2.61. The van der Waals surface area contributed by atoms with Crippen LogP contribution in [-0.2, 0) is 16.4 Å². The summed E-state index contributed by atoms with van der Waals surface area (Å²) in [5, 5.41) is 12.7. The van der Waals surface area contributed by atoms with Gasteiger partial charge in [0.15, 0.2) is 0 Å². The van der Waals surface area contributed by atoms with Crippen LogP contribution in [0.5, 0.6) is 0 Å². The first-order valence-corrected chi connectivity index (χ1v) is 11.9. The minimum atomic E-state index is -4.69. The normalized spacial score (nSPS) is 31.4. The molecule has 0 aliphatic heterocycles. The third-order valence-corrected chi connectivity index (χ3v) is 8.43. The molecule has 32 heavy (non-hydrogen) atoms. The molecule has 1 aromatic rings. The van der Waals surface area contributed by atoms with E-state index in [0.29, 0.717) is 37.2 Å². The molecule has 7 nitrogen and oxygen atoms in total. The van der Waals surface area contributed by atoms with Gasteiger partial charge in [-0.05, 0) is 68.6 Å². The second kappa shape index (κ2) is 7.35. The summed E-state index contributed by atoms with van der Waals surface area (Å²) < 4.78 is 67.6. The zero-order valence-electron chi connectivity index (χ0n) is 17.8. The highest BCUT2D eigenvalue weighted by Gasteiger charge is 2.58. The molecule has 2 atom stereocenters. The highest BCUT2D eigenvalue weighted by atomic mass is 32.2. The van der Waals surface area contributed by atoms with Crippen molar-refractivity contribution < 1.29 is 26.4 Å². The SMILES string of the molecule is CN(C)S(=O)(=O)Nc1ccc(C(F)(F)F)cc1C(=O)NC12C[C@@H]3C[C@H](CC(C#N)(C3)C1)C2. The third kappa shape index (κ3) is 4.06. The lowest BCUT2D eigenvalue weighted by Crippen LogP contribution is -2.62. The van der Waals surface area contributed by atoms with E-state index in [9.17, 15) is 31.6 Å². The standard InChI is InChI=1S/C21H25F3N4O3S/c1-28(2)32(30,31)27-17-4-3-15(21(22,23)24)6-16(17)18(29)26-20-9-13-5-14(10-20)8-19(7-13,11-20)12-25/h3-4,6,13-14,27H,5,7-11H2,1-2H3,(H,26,29)/t13-,14-,19?,20?/m1/s1. The monoisotopic (exact) mass is 470 g/mol. The first-order chi connectivity index (χ1) is 14.8. The van der Waals surface area contributed by atoms with Crippen molar-refractivity contribution in [3.63, 3.8) is 0 Å². The Labute approximate surface area is 185 Å². The van der Waals surface area contributed by atoms with Crippen LogP contribution < -0.4 is 10.0 Å². The number of nitriles is 1. The fraction of sp³-hybridized carbons (Fsp3) is 0.619. The maximum absolute atomic E-state index is 13.3. The van der Waals surface area contributed by atoms with Gasteiger partial charge in [0.05, 0.1) is 28.3 Å². The highest BCUT2D eigenvalue weighted by molar-refractivity contribution is 7.90. The van der Waals surface area contributed by atoms with E-state index in [1.165, 1.54) is 14.1 Å². The molecule has 0 unspecified atom stereocenters. The Kier molecular flexibility index (Phi) is 5.25. The predicted octanol–water partition coefficient (Wildman–Crippen LogP) is 3.52. The average Bonchev–Trinajstić information content (AvgIpc) is 2.65. The Balaban J connectivity index is 1.69. The summed E-state index contributed by atoms with van der Waals surface area (Å²) in [7, 11) is -1.51. The molecular formula is C21H25F3N4O3S. The molecule has 1 amide bonds. The number of rotatable bonds is 5. The molecule has 0 heterocycles. The lowest BCUT2D eigenvalue weighted by Gasteiger charge is -2.59. The van der Waals surface area contributed by atoms with Gasteiger partial charge in [-0.25, -0.2) is 0 Å². The molecule has 4 aliphatic rings. The Morgan fingerprint density at radius 1 is 1.19 bits per heavy atom. The molecule has 174 valence electrons. The minimum Gasteiger partial charge on any atom is -0.346 e. The molecule has 4 bridgehead atoms. The van der Waals surface area contributed by atoms with Crippen LogP contribution in [0.3, 0.4) is 0 Å². The molecule has 11 heteroatoms. The molecule has 4 saturated carbocycles. The lowest BCUT2D eigenvalue weighted by molar-refractivity contribution is -0.137. The average molecular weight is 471 g/mol. The molecule has 5 rings (SSSR count). The Morgan fingerprint density at radius 2 is 1.81 bits per heavy atom. The first kappa shape index (κ1) is 22.9. The zero-order valence-corrected chi connectivity index (χ0v) is 18.6. The fourth-order valence-electron chi connectivity index (χ4n) is 6.08. The number of alkyl halides is 3. The van der Waals surface area contributed by atoms with E-state index in [1.54, 1.807) is 0 Å². The fourth-order valence-corrected chi connectivity index (χ4v) is 6.71. The van der Waals surface area contributed by atoms with Crippen molar-refractivity contribution in [2.24, 2.45) is 17.3 Å². The number of nitrogens with zero attached hydrogens (tertiary/aromatic N) is 2. The second-order valence-electron chi connectivity index (χ2n) is 9.74. The summed E-state index contributed by atoms with van der Waals surface area (Å²) in [5.41, 5.74) is -2.85. The molecule has 0 radical (unpaired) electrons. The minimum absolute atomic E-state index is 0.232. The molecular weight excluding hydrogens is 445 g/mol. The molecule has 4 aliphatic carbocycles. The van der Waals surface area contributed by atoms with Gasteiger partial charge in [-0.15, -0.1) is 0 Å². The van der Waals surface area contributed by atoms with Crippen LogP contribution in [0.25, 0.3) is 0 Å². The summed E-state index contributed by atoms with van der Waals surface area (Å²) in [6.07, 6.45) is -0.304. The van der Waals surface area contributed by atoms with Gasteiger partial charge < -0.3 is 5.32 Å². The van der Waals surface area contributed by atoms with Gasteiger partial charge in [-0.2, -0.15) is 31.2 Å². The van der Waals surface area contributed by atoms with Gasteiger partial charge in [0.25, 0.3) is 5.91 Å². The quantitative estimate of drug-likeness (QED) is 0.687. The van der Waals surface area contributed by atoms with Crippen molar-refractivity contribution in [2.75, 3.05) is 18.8 Å². The number of carbonyl (C=O) groups excluding carboxylic acids is 1. The maximum atomic E-state index is 13.3. The van der Waals surface area contributed by atoms with Crippen LogP contribution in [0.2, 0.25) is 0 Å². The van der Waals surface area contributed by atoms with E-state index < -0.39 is 44.4 Å². The molecule has 0 saturated heterocycles. The number of anilines is 1. The summed E-state index contributed by atoms with van der Waals surface area (Å²) in [6.45, 7) is 0. The smallest absolute Gasteiger partial charge is 0.346 e. The van der Waals surface area contributed by atoms with Crippen molar-refractivity contribution in [2.45, 2.75) is 50.2 Å². The van der Waals surface area contributed by atoms with E-state index in [4.69, 9.17) is 0 Å². The van der Waals surface area contributed by atoms with E-state index >= 15 is 0 Å². The van der Waals surface area contributed by atoms with Crippen LogP contribution in [0.4, 0.5) is 18.9 Å². The Hall–Kier alpha value is -2.32. The number of halogens is 3. The second-order valence-corrected chi connectivity index (χ2v) is 11.6. The number of nitrogens with one attached hydrogen (secondary N) is 2. The van der Waals surface area contributed by atoms with Crippen molar-refractivity contribution in [1.29, 1.82) is 5.26 Å². The topological polar surface area (TPSA) is 102 Å². The van der Waals surface area contributed by atoms with E-state index in [0.717, 1.165) is 35.7 Å².